The zero-order valence-electron chi connectivity index (χ0n) is 15.7. The molecule has 0 unspecified atom stereocenters. The fourth-order valence-corrected chi connectivity index (χ4v) is 3.79. The van der Waals surface area contributed by atoms with E-state index < -0.39 is 6.10 Å². The highest BCUT2D eigenvalue weighted by molar-refractivity contribution is 5.96. The second-order valence-electron chi connectivity index (χ2n) is 7.30. The number of benzene rings is 2. The van der Waals surface area contributed by atoms with Crippen LogP contribution in [0.5, 0.6) is 5.75 Å². The summed E-state index contributed by atoms with van der Waals surface area (Å²) in [5, 5.41) is 13.5. The van der Waals surface area contributed by atoms with E-state index in [9.17, 15) is 9.90 Å². The minimum absolute atomic E-state index is 0.204. The first-order valence-corrected chi connectivity index (χ1v) is 9.64. The number of carbonyl (C=O) groups is 1. The lowest BCUT2D eigenvalue weighted by Gasteiger charge is -2.35. The van der Waals surface area contributed by atoms with Crippen LogP contribution in [-0.2, 0) is 0 Å². The van der Waals surface area contributed by atoms with Crippen molar-refractivity contribution >= 4 is 27.6 Å². The number of carbonyl (C=O) groups excluding carboxylic acids is 1. The second kappa shape index (κ2) is 7.22. The number of pyridine rings is 1. The number of nitrogens with zero attached hydrogens (tertiary/aromatic N) is 2. The molecule has 0 radical (unpaired) electrons. The largest absolute Gasteiger partial charge is 0.488 e. The lowest BCUT2D eigenvalue weighted by Crippen LogP contribution is -2.50. The lowest BCUT2D eigenvalue weighted by atomic mass is 10.0. The molecule has 3 heterocycles. The monoisotopic (exact) mass is 388 g/mol. The smallest absolute Gasteiger partial charge is 0.289 e. The predicted octanol–water partition coefficient (Wildman–Crippen LogP) is 3.64. The van der Waals surface area contributed by atoms with Gasteiger partial charge in [-0.1, -0.05) is 24.3 Å². The zero-order valence-corrected chi connectivity index (χ0v) is 15.7. The summed E-state index contributed by atoms with van der Waals surface area (Å²) in [5.74, 6) is 0.766. The van der Waals surface area contributed by atoms with E-state index in [-0.39, 0.29) is 18.6 Å². The van der Waals surface area contributed by atoms with E-state index in [0.29, 0.717) is 30.1 Å². The molecule has 0 bridgehead atoms. The van der Waals surface area contributed by atoms with Gasteiger partial charge in [0.15, 0.2) is 5.76 Å². The standard InChI is InChI=1S/C23H20N2O4/c26-19-14-25(23(27)22-12-16-3-1-2-4-20(16)29-22)10-8-21(19)28-18-6-5-15-7-9-24-13-17(15)11-18/h1-7,9,11-13,19,21,26H,8,10,14H2/t19-,21-/m1/s1. The van der Waals surface area contributed by atoms with Gasteiger partial charge in [-0.05, 0) is 35.7 Å². The third kappa shape index (κ3) is 3.43. The van der Waals surface area contributed by atoms with Crippen molar-refractivity contribution in [3.8, 4) is 5.75 Å². The summed E-state index contributed by atoms with van der Waals surface area (Å²) in [4.78, 5) is 18.5. The summed E-state index contributed by atoms with van der Waals surface area (Å²) in [6, 6.07) is 17.0. The number of ether oxygens (including phenoxy) is 1. The Bertz CT molecular complexity index is 1150. The van der Waals surface area contributed by atoms with Gasteiger partial charge in [0.25, 0.3) is 5.91 Å². The number of furan rings is 1. The van der Waals surface area contributed by atoms with Crippen molar-refractivity contribution in [2.24, 2.45) is 0 Å². The Balaban J connectivity index is 1.27. The molecule has 1 saturated heterocycles. The number of aromatic nitrogens is 1. The highest BCUT2D eigenvalue weighted by Gasteiger charge is 2.33. The minimum atomic E-state index is -0.776. The maximum atomic E-state index is 12.8. The maximum absolute atomic E-state index is 12.8. The fraction of sp³-hybridized carbons (Fsp3) is 0.217. The molecule has 146 valence electrons. The number of hydrogen-bond donors (Lipinski definition) is 1. The molecule has 1 aliphatic rings. The van der Waals surface area contributed by atoms with Crippen molar-refractivity contribution in [2.75, 3.05) is 13.1 Å². The molecule has 6 heteroatoms. The van der Waals surface area contributed by atoms with Gasteiger partial charge in [-0.3, -0.25) is 9.78 Å². The molecule has 0 saturated carbocycles. The number of para-hydroxylation sites is 1. The molecular formula is C23H20N2O4. The van der Waals surface area contributed by atoms with E-state index in [0.717, 1.165) is 16.2 Å². The van der Waals surface area contributed by atoms with Gasteiger partial charge in [-0.15, -0.1) is 0 Å². The van der Waals surface area contributed by atoms with Crippen LogP contribution in [0.15, 0.2) is 71.4 Å². The van der Waals surface area contributed by atoms with Crippen molar-refractivity contribution < 1.29 is 19.1 Å². The molecule has 1 amide bonds. The van der Waals surface area contributed by atoms with Gasteiger partial charge in [-0.25, -0.2) is 0 Å². The summed E-state index contributed by atoms with van der Waals surface area (Å²) in [5.41, 5.74) is 0.681. The highest BCUT2D eigenvalue weighted by Crippen LogP contribution is 2.25. The molecule has 1 N–H and O–H groups in total. The molecule has 29 heavy (non-hydrogen) atoms. The van der Waals surface area contributed by atoms with Crippen LogP contribution in [0.25, 0.3) is 21.7 Å². The Morgan fingerprint density at radius 3 is 2.86 bits per heavy atom. The van der Waals surface area contributed by atoms with E-state index in [2.05, 4.69) is 4.98 Å². The first-order chi connectivity index (χ1) is 14.2. The number of likely N-dealkylation sites (tertiary alicyclic amines) is 1. The Morgan fingerprint density at radius 1 is 1.10 bits per heavy atom. The predicted molar refractivity (Wildman–Crippen MR) is 109 cm³/mol. The average Bonchev–Trinajstić information content (AvgIpc) is 3.19. The highest BCUT2D eigenvalue weighted by atomic mass is 16.5. The number of hydrogen-bond acceptors (Lipinski definition) is 5. The summed E-state index contributed by atoms with van der Waals surface area (Å²) >= 11 is 0. The van der Waals surface area contributed by atoms with Gasteiger partial charge in [0, 0.05) is 36.1 Å². The normalized spacial score (nSPS) is 19.6. The number of rotatable bonds is 3. The first-order valence-electron chi connectivity index (χ1n) is 9.64. The molecule has 2 aromatic heterocycles. The van der Waals surface area contributed by atoms with Crippen LogP contribution in [0, 0.1) is 0 Å². The Labute approximate surface area is 167 Å². The van der Waals surface area contributed by atoms with Crippen LogP contribution in [0.4, 0.5) is 0 Å². The first kappa shape index (κ1) is 17.7. The van der Waals surface area contributed by atoms with Gasteiger partial charge in [0.05, 0.1) is 6.54 Å². The van der Waals surface area contributed by atoms with Crippen LogP contribution in [0.1, 0.15) is 17.0 Å². The van der Waals surface area contributed by atoms with Gasteiger partial charge < -0.3 is 19.2 Å². The third-order valence-corrected chi connectivity index (χ3v) is 5.34. The van der Waals surface area contributed by atoms with Gasteiger partial charge in [0.1, 0.15) is 23.5 Å². The average molecular weight is 388 g/mol. The number of β-amino-alcohol motifs (C(OH)–C–C–N with tert-alkyl or cyclic N) is 1. The molecule has 0 aliphatic carbocycles. The molecule has 6 nitrogen and oxygen atoms in total. The quantitative estimate of drug-likeness (QED) is 0.580. The molecule has 5 rings (SSSR count). The van der Waals surface area contributed by atoms with Crippen molar-refractivity contribution in [1.82, 2.24) is 9.88 Å². The van der Waals surface area contributed by atoms with Crippen LogP contribution < -0.4 is 4.74 Å². The third-order valence-electron chi connectivity index (χ3n) is 5.34. The van der Waals surface area contributed by atoms with Crippen LogP contribution in [-0.4, -0.2) is 46.2 Å². The SMILES string of the molecule is O=C(c1cc2ccccc2o1)N1CC[C@@H](Oc2ccc3ccncc3c2)[C@H](O)C1. The van der Waals surface area contributed by atoms with Gasteiger partial charge in [0.2, 0.25) is 0 Å². The van der Waals surface area contributed by atoms with Crippen molar-refractivity contribution in [1.29, 1.82) is 0 Å². The molecular weight excluding hydrogens is 368 g/mol. The van der Waals surface area contributed by atoms with Crippen molar-refractivity contribution in [2.45, 2.75) is 18.6 Å². The van der Waals surface area contributed by atoms with Gasteiger partial charge in [-0.2, -0.15) is 0 Å². The Hall–Kier alpha value is -3.38. The van der Waals surface area contributed by atoms with E-state index in [1.54, 1.807) is 23.4 Å². The van der Waals surface area contributed by atoms with Crippen LogP contribution in [0.3, 0.4) is 0 Å². The van der Waals surface area contributed by atoms with E-state index in [1.165, 1.54) is 0 Å². The fourth-order valence-electron chi connectivity index (χ4n) is 3.79. The van der Waals surface area contributed by atoms with Crippen molar-refractivity contribution in [3.63, 3.8) is 0 Å². The summed E-state index contributed by atoms with van der Waals surface area (Å²) in [7, 11) is 0. The molecule has 1 fully saturated rings. The van der Waals surface area contributed by atoms with Crippen LogP contribution >= 0.6 is 0 Å². The number of aliphatic hydroxyl groups is 1. The summed E-state index contributed by atoms with van der Waals surface area (Å²) < 4.78 is 11.7. The van der Waals surface area contributed by atoms with Crippen LogP contribution in [0.2, 0.25) is 0 Å². The number of amides is 1. The Morgan fingerprint density at radius 2 is 2.00 bits per heavy atom. The molecule has 1 aliphatic heterocycles. The van der Waals surface area contributed by atoms with E-state index >= 15 is 0 Å². The van der Waals surface area contributed by atoms with E-state index in [1.807, 2.05) is 48.5 Å². The topological polar surface area (TPSA) is 75.8 Å². The molecule has 2 atom stereocenters. The summed E-state index contributed by atoms with van der Waals surface area (Å²) in [6.45, 7) is 0.697. The van der Waals surface area contributed by atoms with Crippen molar-refractivity contribution in [3.05, 3.63) is 72.8 Å². The van der Waals surface area contributed by atoms with Gasteiger partial charge >= 0.3 is 0 Å². The molecule has 0 spiro atoms. The number of piperidine rings is 1. The minimum Gasteiger partial charge on any atom is -0.488 e. The van der Waals surface area contributed by atoms with E-state index in [4.69, 9.17) is 9.15 Å². The number of fused-ring (bicyclic) bond motifs is 2. The number of aliphatic hydroxyl groups excluding tert-OH is 1. The maximum Gasteiger partial charge on any atom is 0.289 e. The molecule has 2 aromatic carbocycles. The zero-order chi connectivity index (χ0) is 19.8. The second-order valence-corrected chi connectivity index (χ2v) is 7.30. The Kier molecular flexibility index (Phi) is 4.41. The summed E-state index contributed by atoms with van der Waals surface area (Å²) in [6.07, 6.45) is 2.93. The lowest BCUT2D eigenvalue weighted by molar-refractivity contribution is -0.0205. The molecule has 4 aromatic rings.